The van der Waals surface area contributed by atoms with E-state index in [9.17, 15) is 0 Å². The molecule has 3 nitrogen and oxygen atoms in total. The monoisotopic (exact) mass is 205 g/mol. The lowest BCUT2D eigenvalue weighted by Gasteiger charge is -2.24. The molecule has 0 aliphatic heterocycles. The van der Waals surface area contributed by atoms with Gasteiger partial charge >= 0.3 is 0 Å². The van der Waals surface area contributed by atoms with Crippen LogP contribution in [-0.4, -0.2) is 18.0 Å². The first-order valence-electron chi connectivity index (χ1n) is 5.14. The SMILES string of the molecule is COc1cccc2c1CCC(=NO)C2C. The first kappa shape index (κ1) is 10.0. The molecule has 0 fully saturated rings. The molecule has 1 N–H and O–H groups in total. The Balaban J connectivity index is 2.49. The van der Waals surface area contributed by atoms with Gasteiger partial charge in [-0.1, -0.05) is 24.2 Å². The van der Waals surface area contributed by atoms with Crippen LogP contribution in [0.3, 0.4) is 0 Å². The molecule has 1 aliphatic carbocycles. The molecule has 0 spiro atoms. The Labute approximate surface area is 89.4 Å². The third-order valence-electron chi connectivity index (χ3n) is 3.12. The van der Waals surface area contributed by atoms with E-state index in [-0.39, 0.29) is 5.92 Å². The fourth-order valence-electron chi connectivity index (χ4n) is 2.23. The van der Waals surface area contributed by atoms with Crippen molar-refractivity contribution in [3.63, 3.8) is 0 Å². The van der Waals surface area contributed by atoms with Crippen molar-refractivity contribution in [2.45, 2.75) is 25.7 Å². The van der Waals surface area contributed by atoms with Gasteiger partial charge in [0.15, 0.2) is 0 Å². The predicted octanol–water partition coefficient (Wildman–Crippen LogP) is 2.58. The van der Waals surface area contributed by atoms with Gasteiger partial charge in [0.1, 0.15) is 5.75 Å². The molecule has 1 unspecified atom stereocenters. The Morgan fingerprint density at radius 1 is 1.40 bits per heavy atom. The number of oxime groups is 1. The summed E-state index contributed by atoms with van der Waals surface area (Å²) in [5.74, 6) is 1.13. The predicted molar refractivity (Wildman–Crippen MR) is 59.0 cm³/mol. The number of nitrogens with zero attached hydrogens (tertiary/aromatic N) is 1. The zero-order chi connectivity index (χ0) is 10.8. The molecule has 1 aliphatic rings. The number of rotatable bonds is 1. The molecule has 0 saturated carbocycles. The van der Waals surface area contributed by atoms with Gasteiger partial charge in [-0.25, -0.2) is 0 Å². The van der Waals surface area contributed by atoms with Crippen LogP contribution in [0, 0.1) is 0 Å². The summed E-state index contributed by atoms with van der Waals surface area (Å²) < 4.78 is 5.33. The van der Waals surface area contributed by atoms with Gasteiger partial charge in [0.2, 0.25) is 0 Å². The second-order valence-corrected chi connectivity index (χ2v) is 3.84. The first-order valence-corrected chi connectivity index (χ1v) is 5.14. The first-order chi connectivity index (χ1) is 7.27. The second-order valence-electron chi connectivity index (χ2n) is 3.84. The largest absolute Gasteiger partial charge is 0.496 e. The lowest BCUT2D eigenvalue weighted by Crippen LogP contribution is -2.18. The van der Waals surface area contributed by atoms with Gasteiger partial charge < -0.3 is 9.94 Å². The molecule has 1 atom stereocenters. The van der Waals surface area contributed by atoms with Crippen LogP contribution in [0.1, 0.15) is 30.4 Å². The number of hydrogen-bond donors (Lipinski definition) is 1. The molecule has 0 radical (unpaired) electrons. The maximum atomic E-state index is 8.87. The van der Waals surface area contributed by atoms with Crippen molar-refractivity contribution in [2.75, 3.05) is 7.11 Å². The van der Waals surface area contributed by atoms with E-state index in [2.05, 4.69) is 18.1 Å². The minimum atomic E-state index is 0.189. The highest BCUT2D eigenvalue weighted by Crippen LogP contribution is 2.34. The van der Waals surface area contributed by atoms with Gasteiger partial charge in [-0.2, -0.15) is 0 Å². The summed E-state index contributed by atoms with van der Waals surface area (Å²) in [5, 5.41) is 12.2. The van der Waals surface area contributed by atoms with Crippen LogP contribution in [-0.2, 0) is 6.42 Å². The number of hydrogen-bond acceptors (Lipinski definition) is 3. The van der Waals surface area contributed by atoms with Gasteiger partial charge in [-0.15, -0.1) is 0 Å². The van der Waals surface area contributed by atoms with E-state index in [1.165, 1.54) is 11.1 Å². The summed E-state index contributed by atoms with van der Waals surface area (Å²) in [7, 11) is 1.69. The standard InChI is InChI=1S/C12H15NO2/c1-8-9-4-3-5-12(15-2)10(9)6-7-11(8)13-14/h3-5,8,14H,6-7H2,1-2H3. The van der Waals surface area contributed by atoms with E-state index in [0.717, 1.165) is 24.3 Å². The van der Waals surface area contributed by atoms with E-state index in [1.54, 1.807) is 7.11 Å². The molecule has 0 bridgehead atoms. The van der Waals surface area contributed by atoms with Crippen LogP contribution in [0.2, 0.25) is 0 Å². The smallest absolute Gasteiger partial charge is 0.122 e. The highest BCUT2D eigenvalue weighted by molar-refractivity contribution is 5.92. The number of fused-ring (bicyclic) bond motifs is 1. The lowest BCUT2D eigenvalue weighted by atomic mass is 9.82. The van der Waals surface area contributed by atoms with Crippen molar-refractivity contribution >= 4 is 5.71 Å². The van der Waals surface area contributed by atoms with Crippen LogP contribution in [0.5, 0.6) is 5.75 Å². The molecular formula is C12H15NO2. The van der Waals surface area contributed by atoms with Crippen molar-refractivity contribution in [3.05, 3.63) is 29.3 Å². The molecule has 0 heterocycles. The Hall–Kier alpha value is -1.51. The number of benzene rings is 1. The molecule has 0 aromatic heterocycles. The number of methoxy groups -OCH3 is 1. The Morgan fingerprint density at radius 3 is 2.87 bits per heavy atom. The fourth-order valence-corrected chi connectivity index (χ4v) is 2.23. The Morgan fingerprint density at radius 2 is 2.20 bits per heavy atom. The third-order valence-corrected chi connectivity index (χ3v) is 3.12. The zero-order valence-corrected chi connectivity index (χ0v) is 9.03. The highest BCUT2D eigenvalue weighted by Gasteiger charge is 2.24. The highest BCUT2D eigenvalue weighted by atomic mass is 16.5. The van der Waals surface area contributed by atoms with Crippen LogP contribution < -0.4 is 4.74 Å². The molecule has 0 saturated heterocycles. The maximum absolute atomic E-state index is 8.87. The third kappa shape index (κ3) is 1.58. The van der Waals surface area contributed by atoms with E-state index in [0.29, 0.717) is 0 Å². The normalized spacial score (nSPS) is 22.5. The van der Waals surface area contributed by atoms with Gasteiger partial charge in [0, 0.05) is 5.92 Å². The zero-order valence-electron chi connectivity index (χ0n) is 9.03. The summed E-state index contributed by atoms with van der Waals surface area (Å²) in [4.78, 5) is 0. The van der Waals surface area contributed by atoms with Gasteiger partial charge in [0.25, 0.3) is 0 Å². The summed E-state index contributed by atoms with van der Waals surface area (Å²) in [5.41, 5.74) is 3.32. The summed E-state index contributed by atoms with van der Waals surface area (Å²) in [6.45, 7) is 2.06. The average Bonchev–Trinajstić information content (AvgIpc) is 2.29. The fraction of sp³-hybridized carbons (Fsp3) is 0.417. The summed E-state index contributed by atoms with van der Waals surface area (Å²) in [6, 6.07) is 6.04. The Kier molecular flexibility index (Phi) is 2.62. The molecular weight excluding hydrogens is 190 g/mol. The molecule has 0 amide bonds. The van der Waals surface area contributed by atoms with E-state index < -0.39 is 0 Å². The maximum Gasteiger partial charge on any atom is 0.122 e. The van der Waals surface area contributed by atoms with Gasteiger partial charge in [-0.05, 0) is 30.0 Å². The summed E-state index contributed by atoms with van der Waals surface area (Å²) in [6.07, 6.45) is 1.70. The second kappa shape index (κ2) is 3.93. The summed E-state index contributed by atoms with van der Waals surface area (Å²) >= 11 is 0. The average molecular weight is 205 g/mol. The molecule has 2 rings (SSSR count). The van der Waals surface area contributed by atoms with Crippen LogP contribution in [0.4, 0.5) is 0 Å². The molecule has 1 aromatic carbocycles. The lowest BCUT2D eigenvalue weighted by molar-refractivity contribution is 0.314. The quantitative estimate of drug-likeness (QED) is 0.565. The molecule has 15 heavy (non-hydrogen) atoms. The van der Waals surface area contributed by atoms with Crippen molar-refractivity contribution in [1.82, 2.24) is 0 Å². The van der Waals surface area contributed by atoms with Crippen LogP contribution in [0.15, 0.2) is 23.4 Å². The van der Waals surface area contributed by atoms with Crippen molar-refractivity contribution in [2.24, 2.45) is 5.16 Å². The van der Waals surface area contributed by atoms with E-state index in [4.69, 9.17) is 9.94 Å². The van der Waals surface area contributed by atoms with Crippen molar-refractivity contribution in [1.29, 1.82) is 0 Å². The van der Waals surface area contributed by atoms with Crippen LogP contribution in [0.25, 0.3) is 0 Å². The molecule has 3 heteroatoms. The minimum absolute atomic E-state index is 0.189. The van der Waals surface area contributed by atoms with Gasteiger partial charge in [0.05, 0.1) is 12.8 Å². The molecule has 80 valence electrons. The minimum Gasteiger partial charge on any atom is -0.496 e. The van der Waals surface area contributed by atoms with E-state index >= 15 is 0 Å². The number of ether oxygens (including phenoxy) is 1. The Bertz CT molecular complexity index is 399. The molecule has 1 aromatic rings. The van der Waals surface area contributed by atoms with Gasteiger partial charge in [-0.3, -0.25) is 0 Å². The topological polar surface area (TPSA) is 41.8 Å². The van der Waals surface area contributed by atoms with Crippen LogP contribution >= 0.6 is 0 Å². The van der Waals surface area contributed by atoms with E-state index in [1.807, 2.05) is 12.1 Å². The van der Waals surface area contributed by atoms with Crippen molar-refractivity contribution in [3.8, 4) is 5.75 Å². The van der Waals surface area contributed by atoms with Crippen molar-refractivity contribution < 1.29 is 9.94 Å².